The maximum Gasteiger partial charge on any atom is 0.270 e. The summed E-state index contributed by atoms with van der Waals surface area (Å²) in [6.45, 7) is 0.852. The number of carbonyl (C=O) groups excluding carboxylic acids is 1. The predicted octanol–water partition coefficient (Wildman–Crippen LogP) is 4.05. The summed E-state index contributed by atoms with van der Waals surface area (Å²) in [6.07, 6.45) is 0. The van der Waals surface area contributed by atoms with E-state index >= 15 is 0 Å². The minimum absolute atomic E-state index is 0.133. The van der Waals surface area contributed by atoms with Gasteiger partial charge in [0.1, 0.15) is 11.5 Å². The van der Waals surface area contributed by atoms with Crippen molar-refractivity contribution in [3.63, 3.8) is 0 Å². The van der Waals surface area contributed by atoms with Crippen molar-refractivity contribution in [2.24, 2.45) is 0 Å². The molecule has 0 aliphatic rings. The zero-order valence-electron chi connectivity index (χ0n) is 17.7. The molecular formula is C21H22N4O6S. The standard InChI is InChI=1S/C21H22N4O6S/c1-29-9-8-22-17-7-4-13(25(27)28)10-16(17)20(26)24-21-23-18(12-32-21)15-6-5-14(30-2)11-19(15)31-3/h4-7,10-12,22H,8-9H2,1-3H3,(H,23,24,26). The number of methoxy groups -OCH3 is 3. The molecule has 0 aliphatic carbocycles. The second-order valence-corrected chi connectivity index (χ2v) is 7.32. The van der Waals surface area contributed by atoms with E-state index in [2.05, 4.69) is 15.6 Å². The normalized spacial score (nSPS) is 10.5. The first kappa shape index (κ1) is 23.0. The largest absolute Gasteiger partial charge is 0.497 e. The quantitative estimate of drug-likeness (QED) is 0.265. The molecule has 0 saturated heterocycles. The van der Waals surface area contributed by atoms with Gasteiger partial charge in [0.25, 0.3) is 11.6 Å². The van der Waals surface area contributed by atoms with Crippen LogP contribution in [0.5, 0.6) is 11.5 Å². The first-order valence-electron chi connectivity index (χ1n) is 9.47. The Morgan fingerprint density at radius 1 is 1.16 bits per heavy atom. The van der Waals surface area contributed by atoms with Gasteiger partial charge in [0.15, 0.2) is 5.13 Å². The topological polar surface area (TPSA) is 125 Å². The van der Waals surface area contributed by atoms with Crippen molar-refractivity contribution in [1.82, 2.24) is 4.98 Å². The van der Waals surface area contributed by atoms with Crippen molar-refractivity contribution in [2.45, 2.75) is 0 Å². The lowest BCUT2D eigenvalue weighted by Crippen LogP contribution is -2.16. The van der Waals surface area contributed by atoms with E-state index in [4.69, 9.17) is 14.2 Å². The van der Waals surface area contributed by atoms with Crippen LogP contribution in [0.3, 0.4) is 0 Å². The molecule has 168 valence electrons. The van der Waals surface area contributed by atoms with E-state index in [0.717, 1.165) is 5.56 Å². The molecule has 1 heterocycles. The SMILES string of the molecule is COCCNc1ccc([N+](=O)[O-])cc1C(=O)Nc1nc(-c2ccc(OC)cc2OC)cs1. The Labute approximate surface area is 188 Å². The fraction of sp³-hybridized carbons (Fsp3) is 0.238. The maximum absolute atomic E-state index is 12.9. The number of hydrogen-bond donors (Lipinski definition) is 2. The van der Waals surface area contributed by atoms with Crippen LogP contribution in [0.2, 0.25) is 0 Å². The number of nitro groups is 1. The molecule has 1 aromatic heterocycles. The number of aromatic nitrogens is 1. The van der Waals surface area contributed by atoms with Gasteiger partial charge < -0.3 is 19.5 Å². The van der Waals surface area contributed by atoms with E-state index < -0.39 is 10.8 Å². The van der Waals surface area contributed by atoms with Crippen LogP contribution in [-0.4, -0.2) is 50.3 Å². The van der Waals surface area contributed by atoms with Gasteiger partial charge in [-0.1, -0.05) is 0 Å². The highest BCUT2D eigenvalue weighted by atomic mass is 32.1. The lowest BCUT2D eigenvalue weighted by molar-refractivity contribution is -0.384. The lowest BCUT2D eigenvalue weighted by Gasteiger charge is -2.11. The monoisotopic (exact) mass is 458 g/mol. The number of benzene rings is 2. The highest BCUT2D eigenvalue weighted by Crippen LogP contribution is 2.35. The van der Waals surface area contributed by atoms with Crippen molar-refractivity contribution < 1.29 is 23.9 Å². The van der Waals surface area contributed by atoms with Crippen LogP contribution in [0.25, 0.3) is 11.3 Å². The number of non-ortho nitro benzene ring substituents is 1. The molecule has 10 nitrogen and oxygen atoms in total. The van der Waals surface area contributed by atoms with Gasteiger partial charge in [0.2, 0.25) is 0 Å². The summed E-state index contributed by atoms with van der Waals surface area (Å²) in [6, 6.07) is 9.41. The molecule has 32 heavy (non-hydrogen) atoms. The smallest absolute Gasteiger partial charge is 0.270 e. The van der Waals surface area contributed by atoms with Gasteiger partial charge in [0, 0.05) is 48.5 Å². The summed E-state index contributed by atoms with van der Waals surface area (Å²) in [4.78, 5) is 28.0. The molecule has 11 heteroatoms. The average Bonchev–Trinajstić information content (AvgIpc) is 3.26. The average molecular weight is 458 g/mol. The molecular weight excluding hydrogens is 436 g/mol. The molecule has 2 N–H and O–H groups in total. The van der Waals surface area contributed by atoms with E-state index in [1.165, 1.54) is 29.5 Å². The van der Waals surface area contributed by atoms with Gasteiger partial charge in [0.05, 0.1) is 37.0 Å². The molecule has 3 rings (SSSR count). The van der Waals surface area contributed by atoms with Crippen LogP contribution < -0.4 is 20.1 Å². The Balaban J connectivity index is 1.84. The molecule has 3 aromatic rings. The summed E-state index contributed by atoms with van der Waals surface area (Å²) in [5.41, 5.74) is 1.76. The zero-order valence-corrected chi connectivity index (χ0v) is 18.5. The van der Waals surface area contributed by atoms with Crippen molar-refractivity contribution in [1.29, 1.82) is 0 Å². The number of nitrogens with zero attached hydrogens (tertiary/aromatic N) is 2. The number of anilines is 2. The van der Waals surface area contributed by atoms with Crippen molar-refractivity contribution >= 4 is 33.8 Å². The predicted molar refractivity (Wildman–Crippen MR) is 122 cm³/mol. The highest BCUT2D eigenvalue weighted by Gasteiger charge is 2.19. The number of amides is 1. The summed E-state index contributed by atoms with van der Waals surface area (Å²) < 4.78 is 15.6. The van der Waals surface area contributed by atoms with Crippen LogP contribution in [0.1, 0.15) is 10.4 Å². The van der Waals surface area contributed by atoms with Crippen LogP contribution in [-0.2, 0) is 4.74 Å². The fourth-order valence-electron chi connectivity index (χ4n) is 2.91. The van der Waals surface area contributed by atoms with E-state index in [0.29, 0.717) is 41.2 Å². The van der Waals surface area contributed by atoms with Crippen LogP contribution in [0.15, 0.2) is 41.8 Å². The third-order valence-electron chi connectivity index (χ3n) is 4.49. The van der Waals surface area contributed by atoms with Crippen molar-refractivity contribution in [3.05, 3.63) is 57.5 Å². The third-order valence-corrected chi connectivity index (χ3v) is 5.25. The molecule has 0 aliphatic heterocycles. The Hall–Kier alpha value is -3.70. The summed E-state index contributed by atoms with van der Waals surface area (Å²) in [5, 5.41) is 19.1. The number of carbonyl (C=O) groups is 1. The van der Waals surface area contributed by atoms with Crippen molar-refractivity contribution in [3.8, 4) is 22.8 Å². The van der Waals surface area contributed by atoms with Gasteiger partial charge in [-0.05, 0) is 18.2 Å². The van der Waals surface area contributed by atoms with E-state index in [1.54, 1.807) is 38.8 Å². The second-order valence-electron chi connectivity index (χ2n) is 6.46. The van der Waals surface area contributed by atoms with Crippen LogP contribution >= 0.6 is 11.3 Å². The lowest BCUT2D eigenvalue weighted by atomic mass is 10.1. The number of hydrogen-bond acceptors (Lipinski definition) is 9. The van der Waals surface area contributed by atoms with Crippen LogP contribution in [0.4, 0.5) is 16.5 Å². The summed E-state index contributed by atoms with van der Waals surface area (Å²) in [5.74, 6) is 0.709. The number of nitro benzene ring substituents is 1. The molecule has 1 amide bonds. The first-order chi connectivity index (χ1) is 15.5. The number of thiazole rings is 1. The first-order valence-corrected chi connectivity index (χ1v) is 10.3. The highest BCUT2D eigenvalue weighted by molar-refractivity contribution is 7.14. The van der Waals surface area contributed by atoms with Gasteiger partial charge >= 0.3 is 0 Å². The number of ether oxygens (including phenoxy) is 3. The molecule has 0 bridgehead atoms. The molecule has 0 spiro atoms. The van der Waals surface area contributed by atoms with Crippen molar-refractivity contribution in [2.75, 3.05) is 45.1 Å². The Kier molecular flexibility index (Phi) is 7.58. The molecule has 0 unspecified atom stereocenters. The Morgan fingerprint density at radius 2 is 1.97 bits per heavy atom. The Bertz CT molecular complexity index is 1120. The van der Waals surface area contributed by atoms with Crippen LogP contribution in [0, 0.1) is 10.1 Å². The summed E-state index contributed by atoms with van der Waals surface area (Å²) in [7, 11) is 4.67. The molecule has 0 radical (unpaired) electrons. The van der Waals surface area contributed by atoms with Gasteiger partial charge in [-0.25, -0.2) is 4.98 Å². The maximum atomic E-state index is 12.9. The zero-order chi connectivity index (χ0) is 23.1. The van der Waals surface area contributed by atoms with E-state index in [9.17, 15) is 14.9 Å². The summed E-state index contributed by atoms with van der Waals surface area (Å²) >= 11 is 1.23. The van der Waals surface area contributed by atoms with E-state index in [1.807, 2.05) is 6.07 Å². The molecule has 0 fully saturated rings. The number of nitrogens with one attached hydrogen (secondary N) is 2. The number of rotatable bonds is 10. The minimum Gasteiger partial charge on any atom is -0.497 e. The second kappa shape index (κ2) is 10.6. The third kappa shape index (κ3) is 5.31. The van der Waals surface area contributed by atoms with Gasteiger partial charge in [-0.3, -0.25) is 20.2 Å². The van der Waals surface area contributed by atoms with Gasteiger partial charge in [-0.15, -0.1) is 11.3 Å². The van der Waals surface area contributed by atoms with Gasteiger partial charge in [-0.2, -0.15) is 0 Å². The van der Waals surface area contributed by atoms with E-state index in [-0.39, 0.29) is 11.3 Å². The molecule has 0 saturated carbocycles. The minimum atomic E-state index is -0.548. The fourth-order valence-corrected chi connectivity index (χ4v) is 3.61. The molecule has 0 atom stereocenters. The Morgan fingerprint density at radius 3 is 2.66 bits per heavy atom. The molecule has 2 aromatic carbocycles.